The third-order valence-electron chi connectivity index (χ3n) is 6.08. The molecular weight excluding hydrogens is 435 g/mol. The van der Waals surface area contributed by atoms with Crippen molar-refractivity contribution in [3.63, 3.8) is 0 Å². The molecule has 1 saturated heterocycles. The fourth-order valence-electron chi connectivity index (χ4n) is 4.01. The van der Waals surface area contributed by atoms with Gasteiger partial charge in [-0.05, 0) is 43.7 Å². The second kappa shape index (κ2) is 9.23. The molecule has 2 heterocycles. The fraction of sp³-hybridized carbons (Fsp3) is 0.455. The number of thiazole rings is 1. The summed E-state index contributed by atoms with van der Waals surface area (Å²) in [7, 11) is 1.24. The van der Waals surface area contributed by atoms with Crippen molar-refractivity contribution in [3.8, 4) is 0 Å². The molecule has 0 spiro atoms. The number of benzene rings is 1. The zero-order chi connectivity index (χ0) is 22.7. The predicted molar refractivity (Wildman–Crippen MR) is 117 cm³/mol. The quantitative estimate of drug-likeness (QED) is 0.616. The molecule has 8 nitrogen and oxygen atoms in total. The van der Waals surface area contributed by atoms with E-state index in [1.54, 1.807) is 17.6 Å². The number of carbonyl (C=O) groups excluding carboxylic acids is 3. The maximum atomic E-state index is 14.2. The highest BCUT2D eigenvalue weighted by molar-refractivity contribution is 7.11. The number of nitrogens with zero attached hydrogens (tertiary/aromatic N) is 2. The highest BCUT2D eigenvalue weighted by Gasteiger charge is 2.51. The van der Waals surface area contributed by atoms with Crippen LogP contribution in [0.1, 0.15) is 45.7 Å². The first kappa shape index (κ1) is 22.2. The number of piperidine rings is 1. The smallest absolute Gasteiger partial charge is 0.342 e. The van der Waals surface area contributed by atoms with Crippen molar-refractivity contribution < 1.29 is 23.5 Å². The van der Waals surface area contributed by atoms with Gasteiger partial charge in [0.1, 0.15) is 21.8 Å². The van der Waals surface area contributed by atoms with E-state index in [-0.39, 0.29) is 23.3 Å². The lowest BCUT2D eigenvalue weighted by atomic mass is 9.95. The first-order valence-corrected chi connectivity index (χ1v) is 11.4. The molecule has 0 unspecified atom stereocenters. The summed E-state index contributed by atoms with van der Waals surface area (Å²) in [5.74, 6) is -1.46. The second-order valence-corrected chi connectivity index (χ2v) is 9.05. The van der Waals surface area contributed by atoms with Gasteiger partial charge in [-0.1, -0.05) is 6.07 Å². The van der Waals surface area contributed by atoms with Gasteiger partial charge in [0.2, 0.25) is 5.91 Å². The lowest BCUT2D eigenvalue weighted by Gasteiger charge is -2.34. The van der Waals surface area contributed by atoms with Gasteiger partial charge in [-0.25, -0.2) is 9.18 Å². The van der Waals surface area contributed by atoms with Gasteiger partial charge in [0.25, 0.3) is 5.91 Å². The van der Waals surface area contributed by atoms with Crippen LogP contribution >= 0.6 is 11.3 Å². The van der Waals surface area contributed by atoms with E-state index in [0.29, 0.717) is 43.0 Å². The second-order valence-electron chi connectivity index (χ2n) is 8.17. The lowest BCUT2D eigenvalue weighted by molar-refractivity contribution is -0.124. The number of nitrogens with one attached hydrogen (secondary N) is 2. The molecule has 170 valence electrons. The number of ether oxygens (including phenoxy) is 1. The maximum absolute atomic E-state index is 14.2. The van der Waals surface area contributed by atoms with Gasteiger partial charge in [0.05, 0.1) is 24.5 Å². The van der Waals surface area contributed by atoms with E-state index in [0.717, 1.165) is 12.8 Å². The molecule has 2 N–H and O–H groups in total. The van der Waals surface area contributed by atoms with Crippen LogP contribution in [0.2, 0.25) is 0 Å². The molecule has 1 aromatic heterocycles. The van der Waals surface area contributed by atoms with E-state index in [9.17, 15) is 18.8 Å². The van der Waals surface area contributed by atoms with Crippen LogP contribution in [0.5, 0.6) is 0 Å². The number of hydrogen-bond acceptors (Lipinski definition) is 7. The Hall–Kier alpha value is -3.01. The number of hydrogen-bond donors (Lipinski definition) is 2. The first-order chi connectivity index (χ1) is 15.4. The number of carbonyl (C=O) groups is 3. The van der Waals surface area contributed by atoms with Crippen molar-refractivity contribution in [1.29, 1.82) is 0 Å². The number of halogens is 1. The molecular formula is C22H25FN4O4S. The van der Waals surface area contributed by atoms with Gasteiger partial charge in [-0.3, -0.25) is 14.6 Å². The molecule has 2 amide bonds. The molecule has 1 aromatic carbocycles. The number of esters is 1. The Morgan fingerprint density at radius 3 is 2.66 bits per heavy atom. The monoisotopic (exact) mass is 460 g/mol. The summed E-state index contributed by atoms with van der Waals surface area (Å²) >= 11 is 1.24. The Bertz CT molecular complexity index is 1000. The third-order valence-corrected chi connectivity index (χ3v) is 6.85. The summed E-state index contributed by atoms with van der Waals surface area (Å²) in [5, 5.41) is 5.84. The summed E-state index contributed by atoms with van der Waals surface area (Å²) in [5.41, 5.74) is 1.24. The Kier molecular flexibility index (Phi) is 6.40. The van der Waals surface area contributed by atoms with Crippen molar-refractivity contribution in [3.05, 3.63) is 46.2 Å². The molecule has 0 atom stereocenters. The van der Waals surface area contributed by atoms with E-state index in [2.05, 4.69) is 15.6 Å². The molecule has 1 saturated carbocycles. The van der Waals surface area contributed by atoms with Gasteiger partial charge in [-0.2, -0.15) is 0 Å². The van der Waals surface area contributed by atoms with Crippen LogP contribution in [0, 0.1) is 11.7 Å². The van der Waals surface area contributed by atoms with E-state index in [1.165, 1.54) is 30.7 Å². The molecule has 10 heteroatoms. The fourth-order valence-corrected chi connectivity index (χ4v) is 4.52. The average molecular weight is 461 g/mol. The van der Waals surface area contributed by atoms with Gasteiger partial charge >= 0.3 is 5.97 Å². The van der Waals surface area contributed by atoms with Crippen LogP contribution in [0.25, 0.3) is 0 Å². The van der Waals surface area contributed by atoms with Gasteiger partial charge in [-0.15, -0.1) is 11.3 Å². The van der Waals surface area contributed by atoms with E-state index in [1.807, 2.05) is 4.90 Å². The molecule has 2 aromatic rings. The number of amides is 2. The van der Waals surface area contributed by atoms with Crippen LogP contribution in [0.15, 0.2) is 29.9 Å². The topological polar surface area (TPSA) is 101 Å². The summed E-state index contributed by atoms with van der Waals surface area (Å²) in [6.45, 7) is 1.79. The molecule has 4 rings (SSSR count). The van der Waals surface area contributed by atoms with Crippen LogP contribution in [0.3, 0.4) is 0 Å². The summed E-state index contributed by atoms with van der Waals surface area (Å²) in [4.78, 5) is 43.4. The maximum Gasteiger partial charge on any atom is 0.342 e. The van der Waals surface area contributed by atoms with Crippen molar-refractivity contribution in [2.24, 2.45) is 5.92 Å². The van der Waals surface area contributed by atoms with E-state index in [4.69, 9.17) is 4.74 Å². The van der Waals surface area contributed by atoms with Crippen LogP contribution < -0.4 is 15.5 Å². The number of methoxy groups -OCH3 is 1. The van der Waals surface area contributed by atoms with Crippen LogP contribution in [-0.2, 0) is 9.53 Å². The molecule has 1 aliphatic heterocycles. The minimum Gasteiger partial charge on any atom is -0.465 e. The molecule has 2 aliphatic rings. The minimum absolute atomic E-state index is 0.0471. The molecule has 0 radical (unpaired) electrons. The lowest BCUT2D eigenvalue weighted by Crippen LogP contribution is -2.50. The van der Waals surface area contributed by atoms with Gasteiger partial charge in [0.15, 0.2) is 0 Å². The number of rotatable bonds is 7. The normalized spacial score (nSPS) is 17.5. The molecule has 0 bridgehead atoms. The highest BCUT2D eigenvalue weighted by atomic mass is 32.1. The largest absolute Gasteiger partial charge is 0.465 e. The molecule has 2 fully saturated rings. The average Bonchev–Trinajstić information content (AvgIpc) is 3.37. The van der Waals surface area contributed by atoms with E-state index >= 15 is 0 Å². The Labute approximate surface area is 189 Å². The predicted octanol–water partition coefficient (Wildman–Crippen LogP) is 2.36. The summed E-state index contributed by atoms with van der Waals surface area (Å²) in [6.07, 6.45) is 4.32. The standard InChI is InChI=1S/C22H25FN4O4S/c1-31-20(29)18-15(23)3-2-4-16(18)27-9-5-14(6-10-27)11-25-21(30)22(7-8-22)26-19(28)17-12-24-13-32-17/h2-4,12-14H,5-11H2,1H3,(H,25,30)(H,26,28). The van der Waals surface area contributed by atoms with Gasteiger partial charge < -0.3 is 20.3 Å². The van der Waals surface area contributed by atoms with Crippen LogP contribution in [-0.4, -0.2) is 55.1 Å². The van der Waals surface area contributed by atoms with Crippen molar-refractivity contribution >= 4 is 34.8 Å². The number of aromatic nitrogens is 1. The molecule has 1 aliphatic carbocycles. The number of anilines is 1. The summed E-state index contributed by atoms with van der Waals surface area (Å²) in [6, 6.07) is 4.55. The van der Waals surface area contributed by atoms with Gasteiger partial charge in [0, 0.05) is 19.6 Å². The Balaban J connectivity index is 1.29. The third kappa shape index (κ3) is 4.59. The zero-order valence-electron chi connectivity index (χ0n) is 17.7. The summed E-state index contributed by atoms with van der Waals surface area (Å²) < 4.78 is 19.0. The highest BCUT2D eigenvalue weighted by Crippen LogP contribution is 2.36. The Morgan fingerprint density at radius 2 is 2.03 bits per heavy atom. The zero-order valence-corrected chi connectivity index (χ0v) is 18.5. The SMILES string of the molecule is COC(=O)c1c(F)cccc1N1CCC(CNC(=O)C2(NC(=O)c3cncs3)CC2)CC1. The van der Waals surface area contributed by atoms with Crippen molar-refractivity contribution in [2.75, 3.05) is 31.6 Å². The van der Waals surface area contributed by atoms with Crippen molar-refractivity contribution in [1.82, 2.24) is 15.6 Å². The van der Waals surface area contributed by atoms with Crippen LogP contribution in [0.4, 0.5) is 10.1 Å². The first-order valence-electron chi connectivity index (χ1n) is 10.5. The minimum atomic E-state index is -0.821. The van der Waals surface area contributed by atoms with Crippen molar-refractivity contribution in [2.45, 2.75) is 31.2 Å². The van der Waals surface area contributed by atoms with E-state index < -0.39 is 17.3 Å². The molecule has 32 heavy (non-hydrogen) atoms. The Morgan fingerprint density at radius 1 is 1.28 bits per heavy atom.